The smallest absolute Gasteiger partial charge is 0.254 e. The van der Waals surface area contributed by atoms with Crippen LogP contribution in [0.25, 0.3) is 0 Å². The topological polar surface area (TPSA) is 71.8 Å². The van der Waals surface area contributed by atoms with E-state index in [4.69, 9.17) is 5.73 Å². The third kappa shape index (κ3) is 1.49. The van der Waals surface area contributed by atoms with E-state index in [9.17, 15) is 4.79 Å². The molecule has 70 valence electrons. The molecule has 4 nitrogen and oxygen atoms in total. The van der Waals surface area contributed by atoms with E-state index in [-0.39, 0.29) is 5.56 Å². The van der Waals surface area contributed by atoms with E-state index in [0.29, 0.717) is 18.0 Å². The fraction of sp³-hybridized carbons (Fsp3) is 0.556. The molecule has 1 heterocycles. The highest BCUT2D eigenvalue weighted by atomic mass is 16.1. The van der Waals surface area contributed by atoms with Crippen molar-refractivity contribution in [2.45, 2.75) is 32.2 Å². The summed E-state index contributed by atoms with van der Waals surface area (Å²) in [5.41, 5.74) is 6.82. The van der Waals surface area contributed by atoms with Gasteiger partial charge >= 0.3 is 0 Å². The Morgan fingerprint density at radius 1 is 1.62 bits per heavy atom. The third-order valence-electron chi connectivity index (χ3n) is 2.43. The predicted molar refractivity (Wildman–Crippen MR) is 49.5 cm³/mol. The zero-order chi connectivity index (χ0) is 9.42. The molecule has 0 atom stereocenters. The van der Waals surface area contributed by atoms with Crippen LogP contribution in [0.15, 0.2) is 4.79 Å². The van der Waals surface area contributed by atoms with E-state index in [0.717, 1.165) is 24.4 Å². The molecule has 0 saturated heterocycles. The number of hydrogen-bond donors (Lipinski definition) is 2. The number of rotatable bonds is 2. The molecule has 0 bridgehead atoms. The van der Waals surface area contributed by atoms with Gasteiger partial charge in [-0.15, -0.1) is 0 Å². The molecule has 1 fully saturated rings. The van der Waals surface area contributed by atoms with Crippen molar-refractivity contribution in [1.82, 2.24) is 9.97 Å². The normalized spacial score (nSPS) is 16.2. The third-order valence-corrected chi connectivity index (χ3v) is 2.43. The Hall–Kier alpha value is -1.16. The van der Waals surface area contributed by atoms with Gasteiger partial charge in [0.25, 0.3) is 5.56 Å². The van der Waals surface area contributed by atoms with Crippen molar-refractivity contribution in [1.29, 1.82) is 0 Å². The standard InChI is InChI=1S/C9H13N3O/c1-5-7(4-10)11-8(6-2-3-6)12-9(5)13/h6H,2-4,10H2,1H3,(H,11,12,13). The molecule has 0 unspecified atom stereocenters. The first kappa shape index (κ1) is 8.44. The maximum Gasteiger partial charge on any atom is 0.254 e. The fourth-order valence-electron chi connectivity index (χ4n) is 1.35. The van der Waals surface area contributed by atoms with Crippen molar-refractivity contribution >= 4 is 0 Å². The van der Waals surface area contributed by atoms with E-state index in [1.807, 2.05) is 0 Å². The highest BCUT2D eigenvalue weighted by Crippen LogP contribution is 2.37. The number of nitrogens with two attached hydrogens (primary N) is 1. The molecule has 1 aliphatic carbocycles. The SMILES string of the molecule is Cc1c(CN)nc(C2CC2)[nH]c1=O. The number of H-pyrrole nitrogens is 1. The van der Waals surface area contributed by atoms with E-state index in [1.54, 1.807) is 6.92 Å². The second-order valence-corrected chi connectivity index (χ2v) is 3.50. The molecule has 0 radical (unpaired) electrons. The maximum atomic E-state index is 11.4. The summed E-state index contributed by atoms with van der Waals surface area (Å²) in [5.74, 6) is 1.29. The van der Waals surface area contributed by atoms with Gasteiger partial charge in [-0.2, -0.15) is 0 Å². The summed E-state index contributed by atoms with van der Waals surface area (Å²) in [6.07, 6.45) is 2.27. The van der Waals surface area contributed by atoms with Gasteiger partial charge in [0, 0.05) is 18.0 Å². The molecular formula is C9H13N3O. The molecule has 1 saturated carbocycles. The lowest BCUT2D eigenvalue weighted by Crippen LogP contribution is -2.19. The molecule has 4 heteroatoms. The van der Waals surface area contributed by atoms with Gasteiger partial charge in [-0.25, -0.2) is 4.98 Å². The summed E-state index contributed by atoms with van der Waals surface area (Å²) in [4.78, 5) is 18.5. The minimum atomic E-state index is -0.0441. The van der Waals surface area contributed by atoms with Crippen molar-refractivity contribution in [3.05, 3.63) is 27.4 Å². The lowest BCUT2D eigenvalue weighted by atomic mass is 10.2. The van der Waals surface area contributed by atoms with Crippen LogP contribution in [0.2, 0.25) is 0 Å². The average Bonchev–Trinajstić information content (AvgIpc) is 2.92. The summed E-state index contributed by atoms with van der Waals surface area (Å²) < 4.78 is 0. The molecular weight excluding hydrogens is 166 g/mol. The van der Waals surface area contributed by atoms with Gasteiger partial charge in [0.2, 0.25) is 0 Å². The van der Waals surface area contributed by atoms with Crippen molar-refractivity contribution in [3.8, 4) is 0 Å². The maximum absolute atomic E-state index is 11.4. The van der Waals surface area contributed by atoms with Crippen LogP contribution in [-0.4, -0.2) is 9.97 Å². The zero-order valence-electron chi connectivity index (χ0n) is 7.63. The molecule has 1 aliphatic rings. The van der Waals surface area contributed by atoms with Crippen molar-refractivity contribution in [2.24, 2.45) is 5.73 Å². The second kappa shape index (κ2) is 2.96. The largest absolute Gasteiger partial charge is 0.325 e. The van der Waals surface area contributed by atoms with E-state index in [1.165, 1.54) is 0 Å². The van der Waals surface area contributed by atoms with Crippen LogP contribution < -0.4 is 11.3 Å². The van der Waals surface area contributed by atoms with Crippen LogP contribution in [-0.2, 0) is 6.54 Å². The number of aromatic amines is 1. The highest BCUT2D eigenvalue weighted by molar-refractivity contribution is 5.18. The lowest BCUT2D eigenvalue weighted by molar-refractivity contribution is 0.836. The minimum absolute atomic E-state index is 0.0441. The first-order valence-corrected chi connectivity index (χ1v) is 4.52. The Labute approximate surface area is 76.2 Å². The molecule has 1 aromatic heterocycles. The van der Waals surface area contributed by atoms with E-state index >= 15 is 0 Å². The molecule has 0 aliphatic heterocycles. The van der Waals surface area contributed by atoms with Crippen LogP contribution in [0.5, 0.6) is 0 Å². The molecule has 2 rings (SSSR count). The quantitative estimate of drug-likeness (QED) is 0.690. The summed E-state index contributed by atoms with van der Waals surface area (Å²) >= 11 is 0. The average molecular weight is 179 g/mol. The van der Waals surface area contributed by atoms with Gasteiger partial charge < -0.3 is 10.7 Å². The molecule has 0 amide bonds. The summed E-state index contributed by atoms with van der Waals surface area (Å²) in [7, 11) is 0. The highest BCUT2D eigenvalue weighted by Gasteiger charge is 2.26. The van der Waals surface area contributed by atoms with Gasteiger partial charge in [-0.3, -0.25) is 4.79 Å². The Morgan fingerprint density at radius 2 is 2.31 bits per heavy atom. The molecule has 13 heavy (non-hydrogen) atoms. The van der Waals surface area contributed by atoms with Crippen LogP contribution in [0.4, 0.5) is 0 Å². The first-order chi connectivity index (χ1) is 6.22. The zero-order valence-corrected chi connectivity index (χ0v) is 7.63. The minimum Gasteiger partial charge on any atom is -0.325 e. The van der Waals surface area contributed by atoms with Crippen molar-refractivity contribution < 1.29 is 0 Å². The van der Waals surface area contributed by atoms with Gasteiger partial charge in [0.15, 0.2) is 0 Å². The van der Waals surface area contributed by atoms with Gasteiger partial charge in [0.05, 0.1) is 5.69 Å². The summed E-state index contributed by atoms with van der Waals surface area (Å²) in [6.45, 7) is 2.10. The van der Waals surface area contributed by atoms with Crippen LogP contribution in [0.1, 0.15) is 35.8 Å². The summed E-state index contributed by atoms with van der Waals surface area (Å²) in [6, 6.07) is 0. The number of nitrogens with one attached hydrogen (secondary N) is 1. The van der Waals surface area contributed by atoms with Crippen LogP contribution >= 0.6 is 0 Å². The second-order valence-electron chi connectivity index (χ2n) is 3.50. The van der Waals surface area contributed by atoms with Gasteiger partial charge in [-0.1, -0.05) is 0 Å². The molecule has 0 spiro atoms. The van der Waals surface area contributed by atoms with Crippen molar-refractivity contribution in [2.75, 3.05) is 0 Å². The lowest BCUT2D eigenvalue weighted by Gasteiger charge is -2.03. The van der Waals surface area contributed by atoms with E-state index in [2.05, 4.69) is 9.97 Å². The Morgan fingerprint density at radius 3 is 2.85 bits per heavy atom. The monoisotopic (exact) mass is 179 g/mol. The Bertz CT molecular complexity index is 379. The first-order valence-electron chi connectivity index (χ1n) is 4.52. The van der Waals surface area contributed by atoms with Gasteiger partial charge in [-0.05, 0) is 19.8 Å². The van der Waals surface area contributed by atoms with Gasteiger partial charge in [0.1, 0.15) is 5.82 Å². The Kier molecular flexibility index (Phi) is 1.92. The predicted octanol–water partition coefficient (Wildman–Crippen LogP) is 0.414. The molecule has 3 N–H and O–H groups in total. The number of aromatic nitrogens is 2. The summed E-state index contributed by atoms with van der Waals surface area (Å²) in [5, 5.41) is 0. The van der Waals surface area contributed by atoms with Crippen LogP contribution in [0, 0.1) is 6.92 Å². The number of hydrogen-bond acceptors (Lipinski definition) is 3. The van der Waals surface area contributed by atoms with Crippen LogP contribution in [0.3, 0.4) is 0 Å². The number of nitrogens with zero attached hydrogens (tertiary/aromatic N) is 1. The van der Waals surface area contributed by atoms with Crippen molar-refractivity contribution in [3.63, 3.8) is 0 Å². The fourth-order valence-corrected chi connectivity index (χ4v) is 1.35. The van der Waals surface area contributed by atoms with E-state index < -0.39 is 0 Å². The Balaban J connectivity index is 2.50. The molecule has 0 aromatic carbocycles. The molecule has 1 aromatic rings.